The normalized spacial score (nSPS) is 15.4. The highest BCUT2D eigenvalue weighted by Crippen LogP contribution is 2.22. The molecule has 0 fully saturated rings. The molecule has 1 heterocycles. The third kappa shape index (κ3) is 2.44. The Balaban J connectivity index is 2.11. The zero-order valence-corrected chi connectivity index (χ0v) is 11.0. The highest BCUT2D eigenvalue weighted by Gasteiger charge is 2.20. The first-order valence-electron chi connectivity index (χ1n) is 5.60. The quantitative estimate of drug-likeness (QED) is 0.475. The van der Waals surface area contributed by atoms with E-state index in [4.69, 9.17) is 0 Å². The number of halogens is 1. The summed E-state index contributed by atoms with van der Waals surface area (Å²) in [6.45, 7) is 1.00. The predicted octanol–water partition coefficient (Wildman–Crippen LogP) is 3.22. The molecule has 2 nitrogen and oxygen atoms in total. The minimum absolute atomic E-state index is 0.343. The van der Waals surface area contributed by atoms with Gasteiger partial charge < -0.3 is 4.57 Å². The van der Waals surface area contributed by atoms with E-state index in [0.717, 1.165) is 31.5 Å². The molecule has 0 radical (unpaired) electrons. The Morgan fingerprint density at radius 1 is 1.33 bits per heavy atom. The number of unbranched alkanes of at least 4 members (excludes halogenated alkanes) is 1. The molecule has 15 heavy (non-hydrogen) atoms. The second-order valence-electron chi connectivity index (χ2n) is 4.06. The standard InChI is InChI=1S/C12H16INO/c13-7-1-2-8-14-9-6-10-4-3-5-11(15)12(10)14/h6,9H,1-5,7-8H2. The first-order valence-corrected chi connectivity index (χ1v) is 7.12. The van der Waals surface area contributed by atoms with E-state index in [1.807, 2.05) is 0 Å². The van der Waals surface area contributed by atoms with Gasteiger partial charge in [0.25, 0.3) is 0 Å². The molecule has 0 aromatic carbocycles. The zero-order valence-electron chi connectivity index (χ0n) is 8.84. The number of carbonyl (C=O) groups is 1. The largest absolute Gasteiger partial charge is 0.345 e. The average molecular weight is 317 g/mol. The molecule has 1 aliphatic carbocycles. The van der Waals surface area contributed by atoms with Crippen LogP contribution in [-0.2, 0) is 13.0 Å². The van der Waals surface area contributed by atoms with Crippen molar-refractivity contribution in [3.05, 3.63) is 23.5 Å². The number of hydrogen-bond donors (Lipinski definition) is 0. The number of nitrogens with zero attached hydrogens (tertiary/aromatic N) is 1. The lowest BCUT2D eigenvalue weighted by molar-refractivity contribution is 0.0963. The van der Waals surface area contributed by atoms with Crippen LogP contribution in [0.5, 0.6) is 0 Å². The number of ketones is 1. The van der Waals surface area contributed by atoms with Crippen LogP contribution in [0, 0.1) is 0 Å². The summed E-state index contributed by atoms with van der Waals surface area (Å²) < 4.78 is 3.36. The fourth-order valence-corrected chi connectivity index (χ4v) is 2.72. The summed E-state index contributed by atoms with van der Waals surface area (Å²) >= 11 is 2.40. The van der Waals surface area contributed by atoms with Gasteiger partial charge in [-0.2, -0.15) is 0 Å². The molecule has 82 valence electrons. The van der Waals surface area contributed by atoms with Crippen molar-refractivity contribution in [2.75, 3.05) is 4.43 Å². The van der Waals surface area contributed by atoms with E-state index in [9.17, 15) is 4.79 Å². The second kappa shape index (κ2) is 5.14. The molecule has 2 rings (SSSR count). The lowest BCUT2D eigenvalue weighted by atomic mass is 9.97. The molecule has 1 aromatic heterocycles. The average Bonchev–Trinajstić information content (AvgIpc) is 2.63. The van der Waals surface area contributed by atoms with Gasteiger partial charge in [0.15, 0.2) is 5.78 Å². The van der Waals surface area contributed by atoms with Gasteiger partial charge in [-0.15, -0.1) is 0 Å². The molecule has 0 amide bonds. The van der Waals surface area contributed by atoms with Crippen LogP contribution in [0.4, 0.5) is 0 Å². The number of hydrogen-bond acceptors (Lipinski definition) is 1. The van der Waals surface area contributed by atoms with Gasteiger partial charge in [0.05, 0.1) is 5.69 Å². The molecule has 0 N–H and O–H groups in total. The molecule has 1 aliphatic rings. The maximum atomic E-state index is 11.8. The van der Waals surface area contributed by atoms with Crippen LogP contribution in [0.1, 0.15) is 41.7 Å². The maximum absolute atomic E-state index is 11.8. The van der Waals surface area contributed by atoms with Gasteiger partial charge in [0.2, 0.25) is 0 Å². The van der Waals surface area contributed by atoms with E-state index in [1.54, 1.807) is 0 Å². The molecule has 1 aromatic rings. The summed E-state index contributed by atoms with van der Waals surface area (Å²) in [6, 6.07) is 2.12. The summed E-state index contributed by atoms with van der Waals surface area (Å²) in [7, 11) is 0. The highest BCUT2D eigenvalue weighted by atomic mass is 127. The van der Waals surface area contributed by atoms with Crippen molar-refractivity contribution < 1.29 is 4.79 Å². The summed E-state index contributed by atoms with van der Waals surface area (Å²) in [4.78, 5) is 11.8. The van der Waals surface area contributed by atoms with Gasteiger partial charge in [-0.25, -0.2) is 0 Å². The Hall–Kier alpha value is -0.320. The first kappa shape index (κ1) is 11.2. The summed E-state index contributed by atoms with van der Waals surface area (Å²) in [6.07, 6.45) is 7.35. The molecule has 0 bridgehead atoms. The monoisotopic (exact) mass is 317 g/mol. The number of aromatic nitrogens is 1. The highest BCUT2D eigenvalue weighted by molar-refractivity contribution is 14.1. The summed E-state index contributed by atoms with van der Waals surface area (Å²) in [5.41, 5.74) is 2.26. The van der Waals surface area contributed by atoms with Gasteiger partial charge in [0, 0.05) is 19.2 Å². The van der Waals surface area contributed by atoms with Crippen LogP contribution in [0.3, 0.4) is 0 Å². The first-order chi connectivity index (χ1) is 7.33. The fourth-order valence-electron chi connectivity index (χ4n) is 2.18. The Labute approximate surface area is 104 Å². The van der Waals surface area contributed by atoms with Gasteiger partial charge in [-0.05, 0) is 41.7 Å². The number of carbonyl (C=O) groups excluding carboxylic acids is 1. The van der Waals surface area contributed by atoms with Crippen LogP contribution in [0.2, 0.25) is 0 Å². The Bertz CT molecular complexity index is 357. The Morgan fingerprint density at radius 3 is 3.00 bits per heavy atom. The van der Waals surface area contributed by atoms with Crippen molar-refractivity contribution in [2.45, 2.75) is 38.6 Å². The number of alkyl halides is 1. The molecule has 0 spiro atoms. The Morgan fingerprint density at radius 2 is 2.20 bits per heavy atom. The lowest BCUT2D eigenvalue weighted by Gasteiger charge is -2.14. The van der Waals surface area contributed by atoms with Crippen LogP contribution in [0.15, 0.2) is 12.3 Å². The van der Waals surface area contributed by atoms with Gasteiger partial charge in [-0.1, -0.05) is 22.6 Å². The minimum Gasteiger partial charge on any atom is -0.345 e. The van der Waals surface area contributed by atoms with E-state index in [2.05, 4.69) is 39.4 Å². The van der Waals surface area contributed by atoms with E-state index >= 15 is 0 Å². The molecule has 0 unspecified atom stereocenters. The minimum atomic E-state index is 0.343. The van der Waals surface area contributed by atoms with E-state index in [0.29, 0.717) is 5.78 Å². The molecular formula is C12H16INO. The molecule has 0 saturated heterocycles. The van der Waals surface area contributed by atoms with Crippen LogP contribution in [0.25, 0.3) is 0 Å². The van der Waals surface area contributed by atoms with Gasteiger partial charge in [-0.3, -0.25) is 4.79 Å². The number of rotatable bonds is 4. The third-order valence-corrected chi connectivity index (χ3v) is 3.71. The van der Waals surface area contributed by atoms with Gasteiger partial charge in [0.1, 0.15) is 0 Å². The van der Waals surface area contributed by atoms with Crippen molar-refractivity contribution in [1.29, 1.82) is 0 Å². The lowest BCUT2D eigenvalue weighted by Crippen LogP contribution is -2.15. The fraction of sp³-hybridized carbons (Fsp3) is 0.583. The zero-order chi connectivity index (χ0) is 10.7. The molecule has 0 atom stereocenters. The summed E-state index contributed by atoms with van der Waals surface area (Å²) in [5, 5.41) is 0. The van der Waals surface area contributed by atoms with E-state index in [-0.39, 0.29) is 0 Å². The van der Waals surface area contributed by atoms with Crippen molar-refractivity contribution >= 4 is 28.4 Å². The van der Waals surface area contributed by atoms with Crippen molar-refractivity contribution in [1.82, 2.24) is 4.57 Å². The third-order valence-electron chi connectivity index (χ3n) is 2.94. The van der Waals surface area contributed by atoms with Crippen molar-refractivity contribution in [2.24, 2.45) is 0 Å². The number of aryl methyl sites for hydroxylation is 2. The van der Waals surface area contributed by atoms with Gasteiger partial charge >= 0.3 is 0 Å². The molecule has 3 heteroatoms. The van der Waals surface area contributed by atoms with E-state index < -0.39 is 0 Å². The van der Waals surface area contributed by atoms with Crippen molar-refractivity contribution in [3.63, 3.8) is 0 Å². The maximum Gasteiger partial charge on any atom is 0.179 e. The number of Topliss-reactive ketones (excluding diaryl/α,β-unsaturated/α-hetero) is 1. The number of fused-ring (bicyclic) bond motifs is 1. The second-order valence-corrected chi connectivity index (χ2v) is 5.13. The van der Waals surface area contributed by atoms with E-state index in [1.165, 1.54) is 22.8 Å². The smallest absolute Gasteiger partial charge is 0.179 e. The predicted molar refractivity (Wildman–Crippen MR) is 69.8 cm³/mol. The van der Waals surface area contributed by atoms with Crippen LogP contribution < -0.4 is 0 Å². The van der Waals surface area contributed by atoms with Crippen LogP contribution in [-0.4, -0.2) is 14.8 Å². The van der Waals surface area contributed by atoms with Crippen LogP contribution >= 0.6 is 22.6 Å². The topological polar surface area (TPSA) is 22.0 Å². The molecule has 0 aliphatic heterocycles. The van der Waals surface area contributed by atoms with Crippen molar-refractivity contribution in [3.8, 4) is 0 Å². The SMILES string of the molecule is O=C1CCCc2ccn(CCCCI)c21. The molecule has 0 saturated carbocycles. The summed E-state index contributed by atoms with van der Waals surface area (Å²) in [5.74, 6) is 0.343. The Kier molecular flexibility index (Phi) is 3.83. The molecular weight excluding hydrogens is 301 g/mol.